The second kappa shape index (κ2) is 11.6. The van der Waals surface area contributed by atoms with Gasteiger partial charge >= 0.3 is 0 Å². The van der Waals surface area contributed by atoms with Crippen molar-refractivity contribution in [2.45, 2.75) is 24.8 Å². The fraction of sp³-hybridized carbons (Fsp3) is 0.533. The maximum atomic E-state index is 12.3. The number of nitrogens with one attached hydrogen (secondary N) is 1. The van der Waals surface area contributed by atoms with E-state index in [9.17, 15) is 8.42 Å². The van der Waals surface area contributed by atoms with Crippen LogP contribution < -0.4 is 11.1 Å². The molecule has 0 radical (unpaired) electrons. The van der Waals surface area contributed by atoms with Crippen LogP contribution in [-0.2, 0) is 21.3 Å². The zero-order chi connectivity index (χ0) is 17.3. The van der Waals surface area contributed by atoms with Gasteiger partial charge in [-0.25, -0.2) is 17.7 Å². The zero-order valence-electron chi connectivity index (χ0n) is 14.4. The lowest BCUT2D eigenvalue weighted by Crippen LogP contribution is -2.33. The molecule has 1 rings (SSSR count). The number of hydrogen-bond acceptors (Lipinski definition) is 4. The lowest BCUT2D eigenvalue weighted by Gasteiger charge is -2.14. The first-order chi connectivity index (χ1) is 10.9. The molecule has 0 fully saturated rings. The van der Waals surface area contributed by atoms with Gasteiger partial charge in [0.05, 0.1) is 11.4 Å². The van der Waals surface area contributed by atoms with E-state index >= 15 is 0 Å². The molecule has 0 aromatic heterocycles. The Kier molecular flexibility index (Phi) is 11.2. The molecular formula is C15H27IN4O3S. The molecule has 9 heteroatoms. The highest BCUT2D eigenvalue weighted by Gasteiger charge is 2.20. The monoisotopic (exact) mass is 470 g/mol. The highest BCUT2D eigenvalue weighted by molar-refractivity contribution is 14.0. The Bertz CT molecular complexity index is 621. The fourth-order valence-corrected chi connectivity index (χ4v) is 2.95. The minimum atomic E-state index is -3.50. The number of aliphatic imine (C=N–C) groups is 1. The van der Waals surface area contributed by atoms with Crippen LogP contribution in [0.2, 0.25) is 0 Å². The second-order valence-corrected chi connectivity index (χ2v) is 7.19. The van der Waals surface area contributed by atoms with Crippen molar-refractivity contribution in [2.24, 2.45) is 10.7 Å². The molecule has 7 nitrogen and oxygen atoms in total. The lowest BCUT2D eigenvalue weighted by molar-refractivity contribution is 0.145. The lowest BCUT2D eigenvalue weighted by atomic mass is 10.2. The van der Waals surface area contributed by atoms with E-state index in [0.717, 1.165) is 6.42 Å². The summed E-state index contributed by atoms with van der Waals surface area (Å²) in [6.45, 7) is 4.17. The van der Waals surface area contributed by atoms with Crippen molar-refractivity contribution >= 4 is 40.0 Å². The van der Waals surface area contributed by atoms with E-state index in [1.165, 1.54) is 18.4 Å². The van der Waals surface area contributed by atoms with Gasteiger partial charge in [0, 0.05) is 33.9 Å². The number of halogens is 1. The third kappa shape index (κ3) is 7.32. The summed E-state index contributed by atoms with van der Waals surface area (Å²) < 4.78 is 31.0. The maximum Gasteiger partial charge on any atom is 0.242 e. The minimum Gasteiger partial charge on any atom is -0.382 e. The SMILES string of the molecule is CCOCCCNC(N)=NCc1ccccc1S(=O)(=O)N(C)C.I. The number of rotatable bonds is 9. The van der Waals surface area contributed by atoms with Crippen molar-refractivity contribution in [3.63, 3.8) is 0 Å². The van der Waals surface area contributed by atoms with Gasteiger partial charge in [-0.3, -0.25) is 0 Å². The molecule has 0 saturated heterocycles. The van der Waals surface area contributed by atoms with E-state index in [0.29, 0.717) is 31.3 Å². The molecule has 0 amide bonds. The molecule has 138 valence electrons. The normalized spacial score (nSPS) is 12.1. The van der Waals surface area contributed by atoms with Crippen molar-refractivity contribution in [1.82, 2.24) is 9.62 Å². The fourth-order valence-electron chi connectivity index (χ4n) is 1.84. The van der Waals surface area contributed by atoms with Gasteiger partial charge in [-0.2, -0.15) is 0 Å². The molecule has 0 heterocycles. The van der Waals surface area contributed by atoms with Crippen LogP contribution >= 0.6 is 24.0 Å². The first kappa shape index (κ1) is 23.1. The van der Waals surface area contributed by atoms with E-state index in [1.807, 2.05) is 6.92 Å². The van der Waals surface area contributed by atoms with Crippen LogP contribution in [0.15, 0.2) is 34.2 Å². The van der Waals surface area contributed by atoms with Crippen LogP contribution in [0, 0.1) is 0 Å². The third-order valence-electron chi connectivity index (χ3n) is 3.13. The smallest absolute Gasteiger partial charge is 0.242 e. The van der Waals surface area contributed by atoms with Crippen LogP contribution in [-0.4, -0.2) is 52.5 Å². The molecule has 0 aliphatic heterocycles. The Hall–Kier alpha value is -0.910. The molecular weight excluding hydrogens is 443 g/mol. The molecule has 0 spiro atoms. The molecule has 0 saturated carbocycles. The summed E-state index contributed by atoms with van der Waals surface area (Å²) in [5.74, 6) is 0.290. The van der Waals surface area contributed by atoms with Gasteiger partial charge in [0.1, 0.15) is 0 Å². The molecule has 0 atom stereocenters. The van der Waals surface area contributed by atoms with E-state index in [2.05, 4.69) is 10.3 Å². The van der Waals surface area contributed by atoms with Crippen molar-refractivity contribution in [3.05, 3.63) is 29.8 Å². The van der Waals surface area contributed by atoms with Gasteiger partial charge in [-0.1, -0.05) is 18.2 Å². The van der Waals surface area contributed by atoms with Crippen molar-refractivity contribution in [1.29, 1.82) is 0 Å². The molecule has 1 aromatic carbocycles. The van der Waals surface area contributed by atoms with Gasteiger partial charge < -0.3 is 15.8 Å². The predicted molar refractivity (Wildman–Crippen MR) is 107 cm³/mol. The van der Waals surface area contributed by atoms with Crippen LogP contribution in [0.4, 0.5) is 0 Å². The van der Waals surface area contributed by atoms with E-state index < -0.39 is 10.0 Å². The van der Waals surface area contributed by atoms with Crippen molar-refractivity contribution in [2.75, 3.05) is 33.9 Å². The first-order valence-corrected chi connectivity index (χ1v) is 8.95. The molecule has 1 aromatic rings. The number of hydrogen-bond donors (Lipinski definition) is 2. The van der Waals surface area contributed by atoms with Gasteiger partial charge in [-0.15, -0.1) is 24.0 Å². The number of guanidine groups is 1. The van der Waals surface area contributed by atoms with Crippen LogP contribution in [0.1, 0.15) is 18.9 Å². The van der Waals surface area contributed by atoms with E-state index in [1.54, 1.807) is 24.3 Å². The zero-order valence-corrected chi connectivity index (χ0v) is 17.5. The van der Waals surface area contributed by atoms with Gasteiger partial charge in [0.2, 0.25) is 10.0 Å². The van der Waals surface area contributed by atoms with Crippen LogP contribution in [0.3, 0.4) is 0 Å². The van der Waals surface area contributed by atoms with E-state index in [4.69, 9.17) is 10.5 Å². The summed E-state index contributed by atoms with van der Waals surface area (Å²) in [5, 5.41) is 2.98. The number of ether oxygens (including phenoxy) is 1. The molecule has 0 aliphatic rings. The number of sulfonamides is 1. The number of benzene rings is 1. The minimum absolute atomic E-state index is 0. The molecule has 24 heavy (non-hydrogen) atoms. The molecule has 3 N–H and O–H groups in total. The average molecular weight is 470 g/mol. The number of nitrogens with two attached hydrogens (primary N) is 1. The Balaban J connectivity index is 0.00000529. The molecule has 0 bridgehead atoms. The van der Waals surface area contributed by atoms with Crippen LogP contribution in [0.25, 0.3) is 0 Å². The Morgan fingerprint density at radius 1 is 1.33 bits per heavy atom. The second-order valence-electron chi connectivity index (χ2n) is 5.07. The third-order valence-corrected chi connectivity index (χ3v) is 5.04. The standard InChI is InChI=1S/C15H26N4O3S.HI/c1-4-22-11-7-10-17-15(16)18-12-13-8-5-6-9-14(13)23(20,21)19(2)3;/h5-6,8-9H,4,7,10-12H2,1-3H3,(H3,16,17,18);1H. The predicted octanol–water partition coefficient (Wildman–Crippen LogP) is 1.39. The topological polar surface area (TPSA) is 97.0 Å². The highest BCUT2D eigenvalue weighted by Crippen LogP contribution is 2.19. The summed E-state index contributed by atoms with van der Waals surface area (Å²) in [4.78, 5) is 4.45. The number of nitrogens with zero attached hydrogens (tertiary/aromatic N) is 2. The Labute approximate surface area is 161 Å². The molecule has 0 aliphatic carbocycles. The summed E-state index contributed by atoms with van der Waals surface area (Å²) in [6.07, 6.45) is 0.829. The largest absolute Gasteiger partial charge is 0.382 e. The summed E-state index contributed by atoms with van der Waals surface area (Å²) in [6, 6.07) is 6.79. The maximum absolute atomic E-state index is 12.3. The summed E-state index contributed by atoms with van der Waals surface area (Å²) >= 11 is 0. The van der Waals surface area contributed by atoms with E-state index in [-0.39, 0.29) is 35.4 Å². The van der Waals surface area contributed by atoms with Gasteiger partial charge in [0.15, 0.2) is 5.96 Å². The summed E-state index contributed by atoms with van der Waals surface area (Å²) in [7, 11) is -0.489. The average Bonchev–Trinajstić information content (AvgIpc) is 2.52. The van der Waals surface area contributed by atoms with Crippen LogP contribution in [0.5, 0.6) is 0 Å². The van der Waals surface area contributed by atoms with Crippen molar-refractivity contribution in [3.8, 4) is 0 Å². The quantitative estimate of drug-likeness (QED) is 0.246. The highest BCUT2D eigenvalue weighted by atomic mass is 127. The Morgan fingerprint density at radius 3 is 2.62 bits per heavy atom. The van der Waals surface area contributed by atoms with Crippen molar-refractivity contribution < 1.29 is 13.2 Å². The first-order valence-electron chi connectivity index (χ1n) is 7.51. The van der Waals surface area contributed by atoms with Gasteiger partial charge in [-0.05, 0) is 25.0 Å². The summed E-state index contributed by atoms with van der Waals surface area (Å²) in [5.41, 5.74) is 6.40. The van der Waals surface area contributed by atoms with Gasteiger partial charge in [0.25, 0.3) is 0 Å². The Morgan fingerprint density at radius 2 is 2.00 bits per heavy atom. The molecule has 0 unspecified atom stereocenters.